The van der Waals surface area contributed by atoms with Gasteiger partial charge in [0.1, 0.15) is 23.0 Å². The summed E-state index contributed by atoms with van der Waals surface area (Å²) in [4.78, 5) is 56.3. The fraction of sp³-hybridized carbons (Fsp3) is 0.136. The number of pyridine rings is 2. The number of aryl methyl sites for hydroxylation is 2. The molecule has 4 N–H and O–H groups in total. The van der Waals surface area contributed by atoms with E-state index in [1.54, 1.807) is 24.3 Å². The van der Waals surface area contributed by atoms with Crippen molar-refractivity contribution in [3.63, 3.8) is 0 Å². The van der Waals surface area contributed by atoms with Crippen LogP contribution in [0.25, 0.3) is 22.5 Å². The van der Waals surface area contributed by atoms with Crippen LogP contribution in [0.1, 0.15) is 68.2 Å². The molecule has 58 heavy (non-hydrogen) atoms. The molecular formula is C44H36F4N4O6. The minimum Gasteiger partial charge on any atom is -0.481 e. The molecule has 0 aliphatic carbocycles. The number of hydrogen-bond donors (Lipinski definition) is 4. The molecule has 6 rings (SSSR count). The Hall–Kier alpha value is -7.22. The second-order valence-electron chi connectivity index (χ2n) is 13.0. The van der Waals surface area contributed by atoms with Crippen molar-refractivity contribution in [2.45, 2.75) is 38.8 Å². The zero-order chi connectivity index (χ0) is 41.9. The molecule has 0 saturated heterocycles. The van der Waals surface area contributed by atoms with Crippen molar-refractivity contribution >= 4 is 23.8 Å². The quantitative estimate of drug-likeness (QED) is 0.0898. The third-order valence-corrected chi connectivity index (χ3v) is 8.89. The Labute approximate surface area is 330 Å². The van der Waals surface area contributed by atoms with Crippen LogP contribution in [0.15, 0.2) is 121 Å². The van der Waals surface area contributed by atoms with Gasteiger partial charge in [-0.3, -0.25) is 19.2 Å². The van der Waals surface area contributed by atoms with E-state index >= 15 is 0 Å². The first kappa shape index (κ1) is 41.9. The highest BCUT2D eigenvalue weighted by Crippen LogP contribution is 2.26. The third-order valence-electron chi connectivity index (χ3n) is 8.89. The molecule has 296 valence electrons. The molecule has 0 saturated carbocycles. The normalized spacial score (nSPS) is 11.7. The predicted octanol–water partition coefficient (Wildman–Crippen LogP) is 8.56. The van der Waals surface area contributed by atoms with Gasteiger partial charge in [0.05, 0.1) is 36.3 Å². The van der Waals surface area contributed by atoms with E-state index in [9.17, 15) is 47.0 Å². The number of amides is 2. The van der Waals surface area contributed by atoms with Crippen LogP contribution in [0.5, 0.6) is 0 Å². The average molecular weight is 793 g/mol. The van der Waals surface area contributed by atoms with Gasteiger partial charge in [-0.1, -0.05) is 66.7 Å². The summed E-state index contributed by atoms with van der Waals surface area (Å²) in [7, 11) is 0. The topological polar surface area (TPSA) is 159 Å². The van der Waals surface area contributed by atoms with Gasteiger partial charge >= 0.3 is 11.9 Å². The molecule has 0 aliphatic rings. The van der Waals surface area contributed by atoms with E-state index in [0.29, 0.717) is 11.1 Å². The molecule has 0 fully saturated rings. The van der Waals surface area contributed by atoms with Crippen molar-refractivity contribution in [3.05, 3.63) is 178 Å². The Morgan fingerprint density at radius 2 is 1.02 bits per heavy atom. The lowest BCUT2D eigenvalue weighted by Gasteiger charge is -2.19. The number of carbonyl (C=O) groups is 4. The summed E-state index contributed by atoms with van der Waals surface area (Å²) in [6, 6.07) is 28.2. The third kappa shape index (κ3) is 10.8. The molecule has 2 amide bonds. The Bertz CT molecular complexity index is 2360. The van der Waals surface area contributed by atoms with Crippen LogP contribution in [0.3, 0.4) is 0 Å². The summed E-state index contributed by atoms with van der Waals surface area (Å²) >= 11 is 0. The van der Waals surface area contributed by atoms with Crippen molar-refractivity contribution < 1.29 is 47.0 Å². The van der Waals surface area contributed by atoms with Gasteiger partial charge in [0.25, 0.3) is 11.8 Å². The zero-order valence-electron chi connectivity index (χ0n) is 31.0. The Kier molecular flexibility index (Phi) is 13.8. The maximum atomic E-state index is 14.1. The molecule has 0 spiro atoms. The molecule has 0 bridgehead atoms. The molecule has 0 unspecified atom stereocenters. The molecule has 2 heterocycles. The van der Waals surface area contributed by atoms with Crippen LogP contribution in [0.2, 0.25) is 0 Å². The number of nitrogens with zero attached hydrogens (tertiary/aromatic N) is 2. The largest absolute Gasteiger partial charge is 0.481 e. The van der Waals surface area contributed by atoms with E-state index in [0.717, 1.165) is 35.4 Å². The number of aliphatic carboxylic acids is 2. The monoisotopic (exact) mass is 792 g/mol. The maximum Gasteiger partial charge on any atom is 0.305 e. The summed E-state index contributed by atoms with van der Waals surface area (Å²) in [6.07, 6.45) is -0.621. The molecular weight excluding hydrogens is 756 g/mol. The summed E-state index contributed by atoms with van der Waals surface area (Å²) in [5.74, 6) is -6.72. The molecule has 14 heteroatoms. The van der Waals surface area contributed by atoms with Crippen molar-refractivity contribution in [1.29, 1.82) is 0 Å². The lowest BCUT2D eigenvalue weighted by Crippen LogP contribution is -2.31. The first-order chi connectivity index (χ1) is 27.7. The van der Waals surface area contributed by atoms with E-state index in [1.807, 2.05) is 38.1 Å². The zero-order valence-corrected chi connectivity index (χ0v) is 31.0. The second-order valence-corrected chi connectivity index (χ2v) is 13.0. The highest BCUT2D eigenvalue weighted by molar-refractivity contribution is 5.94. The van der Waals surface area contributed by atoms with Crippen LogP contribution in [-0.4, -0.2) is 43.9 Å². The summed E-state index contributed by atoms with van der Waals surface area (Å²) in [5, 5.41) is 23.8. The van der Waals surface area contributed by atoms with Gasteiger partial charge in [-0.25, -0.2) is 27.5 Å². The maximum absolute atomic E-state index is 14.1. The van der Waals surface area contributed by atoms with Gasteiger partial charge in [-0.15, -0.1) is 0 Å². The number of carboxylic acids is 2. The highest BCUT2D eigenvalue weighted by Gasteiger charge is 2.23. The van der Waals surface area contributed by atoms with Gasteiger partial charge in [-0.05, 0) is 90.7 Å². The predicted molar refractivity (Wildman–Crippen MR) is 206 cm³/mol. The fourth-order valence-corrected chi connectivity index (χ4v) is 6.06. The fourth-order valence-electron chi connectivity index (χ4n) is 6.06. The molecule has 0 radical (unpaired) electrons. The summed E-state index contributed by atoms with van der Waals surface area (Å²) < 4.78 is 55.1. The first-order valence-electron chi connectivity index (χ1n) is 17.7. The minimum absolute atomic E-state index is 0.0323. The molecule has 2 aromatic heterocycles. The van der Waals surface area contributed by atoms with E-state index < -0.39 is 59.1 Å². The van der Waals surface area contributed by atoms with Crippen LogP contribution in [-0.2, 0) is 9.59 Å². The molecule has 0 aliphatic heterocycles. The lowest BCUT2D eigenvalue weighted by molar-refractivity contribution is -0.138. The van der Waals surface area contributed by atoms with Crippen molar-refractivity contribution in [2.75, 3.05) is 0 Å². The highest BCUT2D eigenvalue weighted by atomic mass is 19.2. The van der Waals surface area contributed by atoms with E-state index in [-0.39, 0.29) is 46.7 Å². The number of halogens is 4. The Morgan fingerprint density at radius 3 is 1.50 bits per heavy atom. The van der Waals surface area contributed by atoms with E-state index in [4.69, 9.17) is 0 Å². The van der Waals surface area contributed by atoms with Crippen LogP contribution in [0, 0.1) is 37.1 Å². The van der Waals surface area contributed by atoms with Gasteiger partial charge in [-0.2, -0.15) is 0 Å². The Balaban J connectivity index is 0.000000221. The molecule has 2 atom stereocenters. The molecule has 4 aromatic carbocycles. The standard InChI is InChI=1S/2C22H18F2N2O3/c1-13-6-2-3-7-14(13)19(12-20(27)28)26-22(29)18-11-5-10-17(25-18)15-8-4-9-16(23)21(15)24;1-13-5-2-3-6-15(13)20(12-21(27)28)26-22(29)19-8-4-7-18(25-19)16-11-14(23)9-10-17(16)24/h2-11,19H,12H2,1H3,(H,26,29)(H,27,28);2-11,20H,12H2,1H3,(H,26,29)(H,27,28)/t19-;20-/m00/s1. The van der Waals surface area contributed by atoms with Crippen molar-refractivity contribution in [2.24, 2.45) is 0 Å². The SMILES string of the molecule is Cc1ccccc1[C@H](CC(=O)O)NC(=O)c1cccc(-c2cc(F)ccc2F)n1.Cc1ccccc1[C@H](CC(=O)O)NC(=O)c1cccc(-c2cccc(F)c2F)n1. The Morgan fingerprint density at radius 1 is 0.552 bits per heavy atom. The van der Waals surface area contributed by atoms with Crippen LogP contribution in [0.4, 0.5) is 17.6 Å². The van der Waals surface area contributed by atoms with E-state index in [1.165, 1.54) is 48.5 Å². The summed E-state index contributed by atoms with van der Waals surface area (Å²) in [5.41, 5.74) is 3.02. The number of carboxylic acid groups (broad SMARTS) is 2. The van der Waals surface area contributed by atoms with Gasteiger partial charge in [0.2, 0.25) is 0 Å². The van der Waals surface area contributed by atoms with E-state index in [2.05, 4.69) is 20.6 Å². The number of hydrogen-bond acceptors (Lipinski definition) is 6. The van der Waals surface area contributed by atoms with Crippen molar-refractivity contribution in [1.82, 2.24) is 20.6 Å². The number of rotatable bonds is 12. The number of carbonyl (C=O) groups excluding carboxylic acids is 2. The lowest BCUT2D eigenvalue weighted by atomic mass is 9.98. The minimum atomic E-state index is -1.07. The number of nitrogens with one attached hydrogen (secondary N) is 2. The number of aromatic nitrogens is 2. The van der Waals surface area contributed by atoms with Crippen LogP contribution >= 0.6 is 0 Å². The smallest absolute Gasteiger partial charge is 0.305 e. The first-order valence-corrected chi connectivity index (χ1v) is 17.7. The molecule has 10 nitrogen and oxygen atoms in total. The van der Waals surface area contributed by atoms with Gasteiger partial charge in [0, 0.05) is 11.1 Å². The second kappa shape index (κ2) is 19.1. The molecule has 6 aromatic rings. The summed E-state index contributed by atoms with van der Waals surface area (Å²) in [6.45, 7) is 3.64. The van der Waals surface area contributed by atoms with Gasteiger partial charge in [0.15, 0.2) is 11.6 Å². The average Bonchev–Trinajstić information content (AvgIpc) is 3.19. The number of benzene rings is 4. The van der Waals surface area contributed by atoms with Gasteiger partial charge < -0.3 is 20.8 Å². The van der Waals surface area contributed by atoms with Crippen LogP contribution < -0.4 is 10.6 Å². The van der Waals surface area contributed by atoms with Crippen molar-refractivity contribution in [3.8, 4) is 22.5 Å².